The number of carbonyl (C=O) groups excluding carboxylic acids is 2. The number of hydrogen-bond acceptors (Lipinski definition) is 2. The van der Waals surface area contributed by atoms with Gasteiger partial charge in [0.1, 0.15) is 5.82 Å². The molecule has 0 radical (unpaired) electrons. The molecule has 1 N–H and O–H groups in total. The highest BCUT2D eigenvalue weighted by Crippen LogP contribution is 2.18. The normalized spacial score (nSPS) is 17.2. The maximum atomic E-state index is 13.2. The highest BCUT2D eigenvalue weighted by atomic mass is 19.1. The van der Waals surface area contributed by atoms with E-state index in [-0.39, 0.29) is 11.8 Å². The van der Waals surface area contributed by atoms with E-state index in [9.17, 15) is 14.0 Å². The number of halogens is 1. The van der Waals surface area contributed by atoms with E-state index in [1.807, 2.05) is 4.90 Å². The number of benzene rings is 2. The van der Waals surface area contributed by atoms with Crippen molar-refractivity contribution in [2.45, 2.75) is 19.8 Å². The van der Waals surface area contributed by atoms with Gasteiger partial charge in [0.2, 0.25) is 0 Å². The molecule has 1 heterocycles. The summed E-state index contributed by atoms with van der Waals surface area (Å²) in [5.41, 5.74) is 1.40. The van der Waals surface area contributed by atoms with E-state index in [1.165, 1.54) is 18.2 Å². The van der Waals surface area contributed by atoms with Gasteiger partial charge in [0.25, 0.3) is 11.8 Å². The number of nitrogens with one attached hydrogen (secondary N) is 1. The fourth-order valence-electron chi connectivity index (χ4n) is 3.09. The minimum Gasteiger partial charge on any atom is -0.338 e. The fraction of sp³-hybridized carbons (Fsp3) is 0.300. The summed E-state index contributed by atoms with van der Waals surface area (Å²) in [7, 11) is 0. The van der Waals surface area contributed by atoms with E-state index < -0.39 is 5.82 Å². The Bertz CT molecular complexity index is 774. The molecular formula is C20H21FN2O2. The number of likely N-dealkylation sites (tertiary alicyclic amines) is 1. The maximum Gasteiger partial charge on any atom is 0.255 e. The van der Waals surface area contributed by atoms with Crippen molar-refractivity contribution in [3.63, 3.8) is 0 Å². The summed E-state index contributed by atoms with van der Waals surface area (Å²) in [4.78, 5) is 26.6. The molecule has 2 aromatic rings. The van der Waals surface area contributed by atoms with Crippen LogP contribution in [0.2, 0.25) is 0 Å². The van der Waals surface area contributed by atoms with E-state index in [4.69, 9.17) is 0 Å². The minimum absolute atomic E-state index is 0.00337. The van der Waals surface area contributed by atoms with Crippen molar-refractivity contribution in [3.05, 3.63) is 65.5 Å². The first-order chi connectivity index (χ1) is 12.0. The van der Waals surface area contributed by atoms with Gasteiger partial charge in [0.15, 0.2) is 0 Å². The Hall–Kier alpha value is -2.69. The van der Waals surface area contributed by atoms with Gasteiger partial charge >= 0.3 is 0 Å². The molecule has 1 fully saturated rings. The Balaban J connectivity index is 1.67. The third kappa shape index (κ3) is 4.24. The van der Waals surface area contributed by atoms with Crippen LogP contribution in [0.1, 0.15) is 40.5 Å². The van der Waals surface area contributed by atoms with Crippen LogP contribution in [-0.4, -0.2) is 29.8 Å². The number of nitrogens with zero attached hydrogens (tertiary/aromatic N) is 1. The summed E-state index contributed by atoms with van der Waals surface area (Å²) in [5, 5.41) is 2.64. The van der Waals surface area contributed by atoms with Crippen molar-refractivity contribution in [3.8, 4) is 0 Å². The summed E-state index contributed by atoms with van der Waals surface area (Å²) in [6.45, 7) is 3.71. The van der Waals surface area contributed by atoms with Gasteiger partial charge in [-0.25, -0.2) is 4.39 Å². The third-order valence-corrected chi connectivity index (χ3v) is 4.42. The lowest BCUT2D eigenvalue weighted by Crippen LogP contribution is -2.39. The van der Waals surface area contributed by atoms with Gasteiger partial charge in [-0.3, -0.25) is 9.59 Å². The molecule has 2 amide bonds. The zero-order chi connectivity index (χ0) is 17.8. The first-order valence-electron chi connectivity index (χ1n) is 8.49. The largest absolute Gasteiger partial charge is 0.338 e. The zero-order valence-corrected chi connectivity index (χ0v) is 14.2. The Morgan fingerprint density at radius 1 is 1.12 bits per heavy atom. The number of hydrogen-bond donors (Lipinski definition) is 1. The van der Waals surface area contributed by atoms with Crippen molar-refractivity contribution >= 4 is 17.5 Å². The molecule has 0 saturated carbocycles. The standard InChI is InChI=1S/C20H21FN2O2/c1-14-4-3-11-23(13-14)20(25)16-9-7-15(8-10-16)19(24)22-18-6-2-5-17(21)12-18/h2,5-10,12,14H,3-4,11,13H2,1H3,(H,22,24). The quantitative estimate of drug-likeness (QED) is 0.920. The molecule has 1 atom stereocenters. The van der Waals surface area contributed by atoms with Crippen molar-refractivity contribution in [1.82, 2.24) is 4.90 Å². The number of piperidine rings is 1. The van der Waals surface area contributed by atoms with Crippen LogP contribution in [0.15, 0.2) is 48.5 Å². The lowest BCUT2D eigenvalue weighted by atomic mass is 9.99. The van der Waals surface area contributed by atoms with E-state index in [0.29, 0.717) is 22.7 Å². The van der Waals surface area contributed by atoms with Crippen molar-refractivity contribution in [2.75, 3.05) is 18.4 Å². The molecule has 25 heavy (non-hydrogen) atoms. The molecule has 1 aliphatic heterocycles. The molecule has 0 aliphatic carbocycles. The monoisotopic (exact) mass is 340 g/mol. The number of amides is 2. The summed E-state index contributed by atoms with van der Waals surface area (Å²) in [5.74, 6) is -0.219. The summed E-state index contributed by atoms with van der Waals surface area (Å²) >= 11 is 0. The van der Waals surface area contributed by atoms with Crippen molar-refractivity contribution in [2.24, 2.45) is 5.92 Å². The topological polar surface area (TPSA) is 49.4 Å². The SMILES string of the molecule is CC1CCCN(C(=O)c2ccc(C(=O)Nc3cccc(F)c3)cc2)C1. The predicted molar refractivity (Wildman–Crippen MR) is 95.1 cm³/mol. The van der Waals surface area contributed by atoms with Crippen LogP contribution in [0.25, 0.3) is 0 Å². The van der Waals surface area contributed by atoms with E-state index >= 15 is 0 Å². The molecule has 5 heteroatoms. The van der Waals surface area contributed by atoms with E-state index in [0.717, 1.165) is 25.9 Å². The second-order valence-corrected chi connectivity index (χ2v) is 6.54. The Morgan fingerprint density at radius 3 is 2.52 bits per heavy atom. The van der Waals surface area contributed by atoms with Crippen LogP contribution in [0, 0.1) is 11.7 Å². The molecule has 1 aliphatic rings. The summed E-state index contributed by atoms with van der Waals surface area (Å²) in [6, 6.07) is 12.3. The highest BCUT2D eigenvalue weighted by molar-refractivity contribution is 6.05. The summed E-state index contributed by atoms with van der Waals surface area (Å²) < 4.78 is 13.2. The highest BCUT2D eigenvalue weighted by Gasteiger charge is 2.22. The van der Waals surface area contributed by atoms with E-state index in [2.05, 4.69) is 12.2 Å². The maximum absolute atomic E-state index is 13.2. The first kappa shape index (κ1) is 17.1. The van der Waals surface area contributed by atoms with Gasteiger partial charge in [-0.2, -0.15) is 0 Å². The van der Waals surface area contributed by atoms with Crippen LogP contribution in [0.4, 0.5) is 10.1 Å². The third-order valence-electron chi connectivity index (χ3n) is 4.42. The second kappa shape index (κ2) is 7.47. The molecule has 0 aromatic heterocycles. The number of anilines is 1. The second-order valence-electron chi connectivity index (χ2n) is 6.54. The van der Waals surface area contributed by atoms with Gasteiger partial charge in [-0.1, -0.05) is 13.0 Å². The lowest BCUT2D eigenvalue weighted by molar-refractivity contribution is 0.0682. The van der Waals surface area contributed by atoms with Crippen LogP contribution in [0.3, 0.4) is 0 Å². The van der Waals surface area contributed by atoms with Crippen LogP contribution in [0.5, 0.6) is 0 Å². The Kier molecular flexibility index (Phi) is 5.12. The molecule has 4 nitrogen and oxygen atoms in total. The molecule has 1 unspecified atom stereocenters. The van der Waals surface area contributed by atoms with Crippen LogP contribution >= 0.6 is 0 Å². The molecule has 1 saturated heterocycles. The Morgan fingerprint density at radius 2 is 1.84 bits per heavy atom. The van der Waals surface area contributed by atoms with Crippen molar-refractivity contribution in [1.29, 1.82) is 0 Å². The number of carbonyl (C=O) groups is 2. The molecule has 0 spiro atoms. The van der Waals surface area contributed by atoms with Gasteiger partial charge < -0.3 is 10.2 Å². The van der Waals surface area contributed by atoms with Crippen LogP contribution in [-0.2, 0) is 0 Å². The zero-order valence-electron chi connectivity index (χ0n) is 14.2. The number of rotatable bonds is 3. The summed E-state index contributed by atoms with van der Waals surface area (Å²) in [6.07, 6.45) is 2.18. The fourth-order valence-corrected chi connectivity index (χ4v) is 3.09. The minimum atomic E-state index is -0.408. The van der Waals surface area contributed by atoms with Gasteiger partial charge in [0, 0.05) is 29.9 Å². The lowest BCUT2D eigenvalue weighted by Gasteiger charge is -2.31. The Labute approximate surface area is 146 Å². The first-order valence-corrected chi connectivity index (χ1v) is 8.49. The predicted octanol–water partition coefficient (Wildman–Crippen LogP) is 3.95. The smallest absolute Gasteiger partial charge is 0.255 e. The average Bonchev–Trinajstić information content (AvgIpc) is 2.61. The van der Waals surface area contributed by atoms with Crippen LogP contribution < -0.4 is 5.32 Å². The van der Waals surface area contributed by atoms with Gasteiger partial charge in [0.05, 0.1) is 0 Å². The van der Waals surface area contributed by atoms with Gasteiger partial charge in [-0.05, 0) is 61.2 Å². The molecule has 0 bridgehead atoms. The van der Waals surface area contributed by atoms with Gasteiger partial charge in [-0.15, -0.1) is 0 Å². The molecule has 3 rings (SSSR count). The molecule has 130 valence electrons. The van der Waals surface area contributed by atoms with E-state index in [1.54, 1.807) is 30.3 Å². The molecular weight excluding hydrogens is 319 g/mol. The molecule has 2 aromatic carbocycles. The van der Waals surface area contributed by atoms with Crippen molar-refractivity contribution < 1.29 is 14.0 Å². The average molecular weight is 340 g/mol.